The van der Waals surface area contributed by atoms with E-state index in [1.807, 2.05) is 30.3 Å². The van der Waals surface area contributed by atoms with Crippen LogP contribution >= 0.6 is 7.52 Å². The first-order valence-electron chi connectivity index (χ1n) is 5.19. The Kier molecular flexibility index (Phi) is 3.49. The molecule has 1 atom stereocenters. The lowest BCUT2D eigenvalue weighted by molar-refractivity contribution is 0.491. The Hall–Kier alpha value is -2.06. The molecule has 0 aliphatic rings. The molecule has 90 valence electrons. The van der Waals surface area contributed by atoms with E-state index in [-0.39, 0.29) is 5.30 Å². The van der Waals surface area contributed by atoms with E-state index in [1.165, 1.54) is 6.07 Å². The van der Waals surface area contributed by atoms with Crippen LogP contribution in [0.4, 0.5) is 0 Å². The van der Waals surface area contributed by atoms with Crippen molar-refractivity contribution in [3.05, 3.63) is 65.0 Å². The van der Waals surface area contributed by atoms with Crippen LogP contribution in [0.5, 0.6) is 0 Å². The molecule has 0 aliphatic carbocycles. The normalized spacial score (nSPS) is 13.4. The van der Waals surface area contributed by atoms with Gasteiger partial charge in [0.1, 0.15) is 0 Å². The van der Waals surface area contributed by atoms with Crippen LogP contribution in [0.25, 0.3) is 21.6 Å². The maximum atomic E-state index is 11.9. The van der Waals surface area contributed by atoms with E-state index in [0.29, 0.717) is 5.56 Å². The molecule has 0 bridgehead atoms. The molecule has 0 spiro atoms. The van der Waals surface area contributed by atoms with E-state index in [4.69, 9.17) is 5.53 Å². The van der Waals surface area contributed by atoms with Crippen molar-refractivity contribution in [1.29, 1.82) is 0 Å². The van der Waals surface area contributed by atoms with Gasteiger partial charge in [-0.3, -0.25) is 4.57 Å². The molecular formula is C12H10N3O2P. The number of hydrogen-bond donors (Lipinski definition) is 1. The third-order valence-electron chi connectivity index (χ3n) is 2.46. The largest absolute Gasteiger partial charge is 0.337 e. The Morgan fingerprint density at radius 3 is 2.33 bits per heavy atom. The molecule has 5 nitrogen and oxygen atoms in total. The van der Waals surface area contributed by atoms with Crippen LogP contribution in [-0.2, 0) is 4.57 Å². The van der Waals surface area contributed by atoms with Crippen molar-refractivity contribution in [3.8, 4) is 11.1 Å². The molecule has 2 aromatic carbocycles. The highest BCUT2D eigenvalue weighted by Gasteiger charge is 2.23. The van der Waals surface area contributed by atoms with E-state index in [9.17, 15) is 9.46 Å². The fraction of sp³-hybridized carbons (Fsp3) is 0. The number of rotatable bonds is 3. The van der Waals surface area contributed by atoms with Crippen LogP contribution in [0.15, 0.2) is 59.5 Å². The maximum absolute atomic E-state index is 11.9. The predicted molar refractivity (Wildman–Crippen MR) is 70.5 cm³/mol. The van der Waals surface area contributed by atoms with Gasteiger partial charge in [-0.05, 0) is 22.7 Å². The Bertz CT molecular complexity index is 651. The average molecular weight is 259 g/mol. The number of benzene rings is 2. The monoisotopic (exact) mass is 259 g/mol. The average Bonchev–Trinajstić information content (AvgIpc) is 2.40. The first kappa shape index (κ1) is 12.4. The van der Waals surface area contributed by atoms with Crippen LogP contribution in [0, 0.1) is 0 Å². The molecule has 0 aliphatic heterocycles. The highest BCUT2D eigenvalue weighted by atomic mass is 31.2. The summed E-state index contributed by atoms with van der Waals surface area (Å²) in [5, 5.41) is 0.147. The molecule has 1 N–H and O–H groups in total. The van der Waals surface area contributed by atoms with Crippen molar-refractivity contribution in [2.75, 3.05) is 0 Å². The summed E-state index contributed by atoms with van der Waals surface area (Å²) in [5.74, 6) is 0. The van der Waals surface area contributed by atoms with Crippen molar-refractivity contribution in [3.63, 3.8) is 0 Å². The zero-order valence-corrected chi connectivity index (χ0v) is 10.2. The van der Waals surface area contributed by atoms with E-state index < -0.39 is 7.52 Å². The second-order valence-corrected chi connectivity index (χ2v) is 5.35. The zero-order chi connectivity index (χ0) is 13.0. The molecule has 0 aromatic heterocycles. The van der Waals surface area contributed by atoms with Crippen molar-refractivity contribution < 1.29 is 9.46 Å². The number of azide groups is 1. The molecule has 0 radical (unpaired) electrons. The minimum Gasteiger partial charge on any atom is -0.337 e. The van der Waals surface area contributed by atoms with Gasteiger partial charge in [-0.2, -0.15) is 0 Å². The summed E-state index contributed by atoms with van der Waals surface area (Å²) < 4.78 is 11.9. The van der Waals surface area contributed by atoms with Crippen LogP contribution in [0.3, 0.4) is 0 Å². The first-order chi connectivity index (χ1) is 8.65. The highest BCUT2D eigenvalue weighted by molar-refractivity contribution is 7.64. The standard InChI is InChI=1S/C12H10N3O2P/c13-14-15-18(16,17)12-9-5-4-8-11(12)10-6-2-1-3-7-10/h1-9H,(H,16,17). The third-order valence-corrected chi connectivity index (χ3v) is 3.80. The molecule has 0 heterocycles. The summed E-state index contributed by atoms with van der Waals surface area (Å²) in [6.07, 6.45) is 0. The van der Waals surface area contributed by atoms with Gasteiger partial charge in [-0.1, -0.05) is 48.5 Å². The van der Waals surface area contributed by atoms with E-state index >= 15 is 0 Å². The number of nitrogens with zero attached hydrogens (tertiary/aromatic N) is 3. The van der Waals surface area contributed by atoms with Gasteiger partial charge in [-0.25, -0.2) is 0 Å². The Morgan fingerprint density at radius 1 is 1.06 bits per heavy atom. The first-order valence-corrected chi connectivity index (χ1v) is 6.81. The van der Waals surface area contributed by atoms with Crippen LogP contribution in [0.2, 0.25) is 0 Å². The maximum Gasteiger partial charge on any atom is 0.316 e. The quantitative estimate of drug-likeness (QED) is 0.396. The van der Waals surface area contributed by atoms with Gasteiger partial charge in [0.05, 0.1) is 5.30 Å². The van der Waals surface area contributed by atoms with Crippen molar-refractivity contribution in [2.24, 2.45) is 4.88 Å². The summed E-state index contributed by atoms with van der Waals surface area (Å²) >= 11 is 0. The topological polar surface area (TPSA) is 86.1 Å². The second kappa shape index (κ2) is 5.07. The molecule has 18 heavy (non-hydrogen) atoms. The Labute approximate surface area is 104 Å². The lowest BCUT2D eigenvalue weighted by atomic mass is 10.1. The van der Waals surface area contributed by atoms with E-state index in [1.54, 1.807) is 18.2 Å². The second-order valence-electron chi connectivity index (χ2n) is 3.61. The SMILES string of the molecule is [N-]=[N+]=NP(=O)(O)c1ccccc1-c1ccccc1. The minimum atomic E-state index is -4.04. The van der Waals surface area contributed by atoms with Crippen molar-refractivity contribution in [1.82, 2.24) is 0 Å². The molecule has 1 unspecified atom stereocenters. The minimum absolute atomic E-state index is 0.147. The fourth-order valence-electron chi connectivity index (χ4n) is 1.69. The van der Waals surface area contributed by atoms with Gasteiger partial charge >= 0.3 is 7.52 Å². The van der Waals surface area contributed by atoms with Gasteiger partial charge in [0.25, 0.3) is 0 Å². The van der Waals surface area contributed by atoms with Crippen LogP contribution in [-0.4, -0.2) is 4.89 Å². The Balaban J connectivity index is 2.65. The summed E-state index contributed by atoms with van der Waals surface area (Å²) in [7, 11) is -4.04. The van der Waals surface area contributed by atoms with E-state index in [0.717, 1.165) is 5.56 Å². The summed E-state index contributed by atoms with van der Waals surface area (Å²) in [6, 6.07) is 15.8. The Morgan fingerprint density at radius 2 is 1.67 bits per heavy atom. The van der Waals surface area contributed by atoms with Crippen LogP contribution in [0.1, 0.15) is 0 Å². The molecule has 0 amide bonds. The van der Waals surface area contributed by atoms with E-state index in [2.05, 4.69) is 9.80 Å². The third kappa shape index (κ3) is 2.44. The van der Waals surface area contributed by atoms with Gasteiger partial charge in [-0.15, -0.1) is 0 Å². The zero-order valence-electron chi connectivity index (χ0n) is 9.34. The molecule has 2 rings (SSSR count). The molecule has 2 aromatic rings. The lowest BCUT2D eigenvalue weighted by Crippen LogP contribution is -2.06. The molecule has 0 saturated heterocycles. The molecule has 0 fully saturated rings. The molecule has 6 heteroatoms. The highest BCUT2D eigenvalue weighted by Crippen LogP contribution is 2.44. The van der Waals surface area contributed by atoms with Crippen molar-refractivity contribution >= 4 is 12.8 Å². The summed E-state index contributed by atoms with van der Waals surface area (Å²) in [4.78, 5) is 15.2. The van der Waals surface area contributed by atoms with Crippen LogP contribution < -0.4 is 5.30 Å². The predicted octanol–water partition coefficient (Wildman–Crippen LogP) is 3.47. The lowest BCUT2D eigenvalue weighted by Gasteiger charge is -2.11. The van der Waals surface area contributed by atoms with Gasteiger partial charge in [0, 0.05) is 9.80 Å². The van der Waals surface area contributed by atoms with Gasteiger partial charge in [0.15, 0.2) is 0 Å². The number of hydrogen-bond acceptors (Lipinski definition) is 1. The fourth-order valence-corrected chi connectivity index (χ4v) is 2.69. The van der Waals surface area contributed by atoms with Gasteiger partial charge in [0.2, 0.25) is 0 Å². The summed E-state index contributed by atoms with van der Waals surface area (Å²) in [5.41, 5.74) is 9.75. The van der Waals surface area contributed by atoms with Crippen molar-refractivity contribution in [2.45, 2.75) is 0 Å². The summed E-state index contributed by atoms with van der Waals surface area (Å²) in [6.45, 7) is 0. The molecule has 0 saturated carbocycles. The smallest absolute Gasteiger partial charge is 0.316 e. The van der Waals surface area contributed by atoms with Gasteiger partial charge < -0.3 is 4.89 Å². The molecular weight excluding hydrogens is 249 g/mol.